The first-order valence-electron chi connectivity index (χ1n) is 5.59. The fourth-order valence-electron chi connectivity index (χ4n) is 1.83. The van der Waals surface area contributed by atoms with Gasteiger partial charge in [-0.25, -0.2) is 4.79 Å². The Kier molecular flexibility index (Phi) is 3.06. The van der Waals surface area contributed by atoms with E-state index in [1.807, 2.05) is 26.0 Å². The third-order valence-electron chi connectivity index (χ3n) is 2.83. The van der Waals surface area contributed by atoms with E-state index in [9.17, 15) is 4.79 Å². The van der Waals surface area contributed by atoms with Gasteiger partial charge in [-0.05, 0) is 25.0 Å². The van der Waals surface area contributed by atoms with Crippen molar-refractivity contribution in [3.05, 3.63) is 46.8 Å². The van der Waals surface area contributed by atoms with Gasteiger partial charge in [0.25, 0.3) is 0 Å². The lowest BCUT2D eigenvalue weighted by Gasteiger charge is -2.07. The second kappa shape index (κ2) is 4.52. The zero-order chi connectivity index (χ0) is 13.3. The highest BCUT2D eigenvalue weighted by atomic mass is 16.4. The molecule has 0 bridgehead atoms. The van der Waals surface area contributed by atoms with Crippen molar-refractivity contribution < 1.29 is 9.90 Å². The van der Waals surface area contributed by atoms with E-state index in [2.05, 4.69) is 11.2 Å². The van der Waals surface area contributed by atoms with Crippen molar-refractivity contribution >= 4 is 11.7 Å². The summed E-state index contributed by atoms with van der Waals surface area (Å²) in [6.45, 7) is 4.55. The summed E-state index contributed by atoms with van der Waals surface area (Å²) < 4.78 is 1.56. The highest BCUT2D eigenvalue weighted by molar-refractivity contribution is 5.91. The van der Waals surface area contributed by atoms with E-state index in [0.29, 0.717) is 6.54 Å². The summed E-state index contributed by atoms with van der Waals surface area (Å²) in [4.78, 5) is 10.9. The molecular formula is C13H15N3O2. The topological polar surface area (TPSA) is 81.1 Å². The number of benzene rings is 1. The molecule has 0 spiro atoms. The van der Waals surface area contributed by atoms with E-state index < -0.39 is 5.97 Å². The average molecular weight is 245 g/mol. The molecule has 0 unspecified atom stereocenters. The van der Waals surface area contributed by atoms with E-state index in [4.69, 9.17) is 10.8 Å². The maximum Gasteiger partial charge on any atom is 0.358 e. The normalized spacial score (nSPS) is 10.6. The number of rotatable bonds is 3. The zero-order valence-electron chi connectivity index (χ0n) is 10.3. The van der Waals surface area contributed by atoms with Gasteiger partial charge in [-0.15, -0.1) is 0 Å². The SMILES string of the molecule is Cc1ccc(C)c(Cn2cc(N)c(C(=O)O)n2)c1. The van der Waals surface area contributed by atoms with Crippen LogP contribution in [0.25, 0.3) is 0 Å². The van der Waals surface area contributed by atoms with Gasteiger partial charge in [0.1, 0.15) is 0 Å². The van der Waals surface area contributed by atoms with Gasteiger partial charge in [-0.2, -0.15) is 5.10 Å². The summed E-state index contributed by atoms with van der Waals surface area (Å²) in [7, 11) is 0. The van der Waals surface area contributed by atoms with Crippen LogP contribution in [-0.4, -0.2) is 20.9 Å². The van der Waals surface area contributed by atoms with E-state index >= 15 is 0 Å². The number of nitrogens with two attached hydrogens (primary N) is 1. The summed E-state index contributed by atoms with van der Waals surface area (Å²) in [5.74, 6) is -1.10. The molecule has 0 saturated heterocycles. The monoisotopic (exact) mass is 245 g/mol. The van der Waals surface area contributed by atoms with Crippen LogP contribution in [0.1, 0.15) is 27.2 Å². The third kappa shape index (κ3) is 2.34. The Balaban J connectivity index is 2.31. The Morgan fingerprint density at radius 1 is 1.44 bits per heavy atom. The Hall–Kier alpha value is -2.30. The molecule has 5 nitrogen and oxygen atoms in total. The standard InChI is InChI=1S/C13H15N3O2/c1-8-3-4-9(2)10(5-8)6-16-7-11(14)12(15-16)13(17)18/h3-5,7H,6,14H2,1-2H3,(H,17,18). The third-order valence-corrected chi connectivity index (χ3v) is 2.83. The van der Waals surface area contributed by atoms with Gasteiger partial charge < -0.3 is 10.8 Å². The zero-order valence-corrected chi connectivity index (χ0v) is 10.3. The number of aromatic nitrogens is 2. The highest BCUT2D eigenvalue weighted by Gasteiger charge is 2.13. The van der Waals surface area contributed by atoms with Gasteiger partial charge in [0.15, 0.2) is 5.69 Å². The van der Waals surface area contributed by atoms with Crippen LogP contribution < -0.4 is 5.73 Å². The van der Waals surface area contributed by atoms with Gasteiger partial charge in [0.2, 0.25) is 0 Å². The second-order valence-electron chi connectivity index (χ2n) is 4.37. The molecular weight excluding hydrogens is 230 g/mol. The number of aryl methyl sites for hydroxylation is 2. The maximum absolute atomic E-state index is 10.9. The Morgan fingerprint density at radius 2 is 2.17 bits per heavy atom. The van der Waals surface area contributed by atoms with Crippen molar-refractivity contribution in [3.8, 4) is 0 Å². The van der Waals surface area contributed by atoms with E-state index in [1.54, 1.807) is 10.9 Å². The number of carbonyl (C=O) groups is 1. The summed E-state index contributed by atoms with van der Waals surface area (Å²) in [6, 6.07) is 6.14. The predicted octanol–water partition coefficient (Wildman–Crippen LogP) is 1.83. The summed E-state index contributed by atoms with van der Waals surface area (Å²) in [6.07, 6.45) is 1.55. The van der Waals surface area contributed by atoms with Crippen LogP contribution >= 0.6 is 0 Å². The summed E-state index contributed by atoms with van der Waals surface area (Å²) >= 11 is 0. The van der Waals surface area contributed by atoms with Crippen molar-refractivity contribution in [1.82, 2.24) is 9.78 Å². The van der Waals surface area contributed by atoms with Crippen LogP contribution in [0.4, 0.5) is 5.69 Å². The number of nitrogen functional groups attached to an aromatic ring is 1. The van der Waals surface area contributed by atoms with Crippen molar-refractivity contribution in [2.24, 2.45) is 0 Å². The first-order chi connectivity index (χ1) is 8.47. The van der Waals surface area contributed by atoms with Crippen LogP contribution in [-0.2, 0) is 6.54 Å². The molecule has 1 aromatic carbocycles. The molecule has 0 atom stereocenters. The highest BCUT2D eigenvalue weighted by Crippen LogP contribution is 2.14. The molecule has 1 heterocycles. The fourth-order valence-corrected chi connectivity index (χ4v) is 1.83. The van der Waals surface area contributed by atoms with E-state index in [0.717, 1.165) is 16.7 Å². The summed E-state index contributed by atoms with van der Waals surface area (Å²) in [5.41, 5.74) is 9.10. The van der Waals surface area contributed by atoms with Gasteiger partial charge in [-0.1, -0.05) is 23.8 Å². The Bertz CT molecular complexity index is 602. The molecule has 3 N–H and O–H groups in total. The predicted molar refractivity (Wildman–Crippen MR) is 68.6 cm³/mol. The second-order valence-corrected chi connectivity index (χ2v) is 4.37. The van der Waals surface area contributed by atoms with Crippen LogP contribution in [0.5, 0.6) is 0 Å². The number of aromatic carboxylic acids is 1. The first-order valence-corrected chi connectivity index (χ1v) is 5.59. The number of anilines is 1. The van der Waals surface area contributed by atoms with E-state index in [-0.39, 0.29) is 11.4 Å². The van der Waals surface area contributed by atoms with Crippen LogP contribution in [0.3, 0.4) is 0 Å². The van der Waals surface area contributed by atoms with Crippen molar-refractivity contribution in [3.63, 3.8) is 0 Å². The number of hydrogen-bond donors (Lipinski definition) is 2. The number of carboxylic acids is 1. The maximum atomic E-state index is 10.9. The van der Waals surface area contributed by atoms with Crippen LogP contribution in [0.2, 0.25) is 0 Å². The van der Waals surface area contributed by atoms with Crippen molar-refractivity contribution in [2.45, 2.75) is 20.4 Å². The smallest absolute Gasteiger partial charge is 0.358 e. The number of nitrogens with zero attached hydrogens (tertiary/aromatic N) is 2. The Morgan fingerprint density at radius 3 is 2.78 bits per heavy atom. The Labute approximate surface area is 105 Å². The summed E-state index contributed by atoms with van der Waals surface area (Å²) in [5, 5.41) is 12.9. The van der Waals surface area contributed by atoms with Crippen molar-refractivity contribution in [2.75, 3.05) is 5.73 Å². The van der Waals surface area contributed by atoms with Crippen LogP contribution in [0, 0.1) is 13.8 Å². The van der Waals surface area contributed by atoms with Crippen molar-refractivity contribution in [1.29, 1.82) is 0 Å². The molecule has 0 fully saturated rings. The molecule has 0 aliphatic heterocycles. The molecule has 0 aliphatic rings. The minimum Gasteiger partial charge on any atom is -0.476 e. The van der Waals surface area contributed by atoms with Gasteiger partial charge in [0, 0.05) is 6.20 Å². The average Bonchev–Trinajstić information content (AvgIpc) is 2.65. The molecule has 94 valence electrons. The fraction of sp³-hybridized carbons (Fsp3) is 0.231. The molecule has 0 saturated carbocycles. The number of hydrogen-bond acceptors (Lipinski definition) is 3. The minimum atomic E-state index is -1.10. The quantitative estimate of drug-likeness (QED) is 0.864. The molecule has 0 aliphatic carbocycles. The molecule has 5 heteroatoms. The number of carboxylic acid groups (broad SMARTS) is 1. The molecule has 0 radical (unpaired) electrons. The minimum absolute atomic E-state index is 0.0969. The molecule has 0 amide bonds. The lowest BCUT2D eigenvalue weighted by molar-refractivity contribution is 0.0690. The van der Waals surface area contributed by atoms with E-state index in [1.165, 1.54) is 0 Å². The van der Waals surface area contributed by atoms with Gasteiger partial charge in [-0.3, -0.25) is 4.68 Å². The molecule has 18 heavy (non-hydrogen) atoms. The lowest BCUT2D eigenvalue weighted by Crippen LogP contribution is -2.05. The van der Waals surface area contributed by atoms with Gasteiger partial charge in [0.05, 0.1) is 12.2 Å². The first kappa shape index (κ1) is 12.2. The van der Waals surface area contributed by atoms with Crippen LogP contribution in [0.15, 0.2) is 24.4 Å². The molecule has 2 aromatic rings. The molecule has 1 aromatic heterocycles. The van der Waals surface area contributed by atoms with Gasteiger partial charge >= 0.3 is 5.97 Å². The molecule has 2 rings (SSSR count). The lowest BCUT2D eigenvalue weighted by atomic mass is 10.1. The largest absolute Gasteiger partial charge is 0.476 e.